The van der Waals surface area contributed by atoms with Crippen molar-refractivity contribution in [3.05, 3.63) is 17.0 Å². The molecule has 0 radical (unpaired) electrons. The highest BCUT2D eigenvalue weighted by Crippen LogP contribution is 2.26. The van der Waals surface area contributed by atoms with Crippen molar-refractivity contribution in [2.24, 2.45) is 7.05 Å². The van der Waals surface area contributed by atoms with Gasteiger partial charge in [0.15, 0.2) is 0 Å². The molecule has 0 amide bonds. The van der Waals surface area contributed by atoms with Gasteiger partial charge in [-0.25, -0.2) is 0 Å². The molecule has 5 nitrogen and oxygen atoms in total. The Bertz CT molecular complexity index is 408. The molecule has 1 heterocycles. The number of carboxylic acid groups (broad SMARTS) is 1. The van der Waals surface area contributed by atoms with Gasteiger partial charge in [-0.1, -0.05) is 13.8 Å². The van der Waals surface area contributed by atoms with E-state index in [4.69, 9.17) is 0 Å². The first-order valence-corrected chi connectivity index (χ1v) is 5.90. The molecule has 0 saturated carbocycles. The Morgan fingerprint density at radius 3 is 2.24 bits per heavy atom. The van der Waals surface area contributed by atoms with Gasteiger partial charge in [-0.05, 0) is 26.9 Å². The Morgan fingerprint density at radius 1 is 1.41 bits per heavy atom. The number of aliphatic carboxylic acids is 1. The van der Waals surface area contributed by atoms with Crippen molar-refractivity contribution in [1.29, 1.82) is 0 Å². The maximum Gasteiger partial charge on any atom is 0.325 e. The predicted molar refractivity (Wildman–Crippen MR) is 66.0 cm³/mol. The minimum atomic E-state index is -0.812. The maximum atomic E-state index is 11.5. The van der Waals surface area contributed by atoms with E-state index in [0.29, 0.717) is 13.1 Å². The predicted octanol–water partition coefficient (Wildman–Crippen LogP) is 1.50. The van der Waals surface area contributed by atoms with Gasteiger partial charge in [-0.15, -0.1) is 0 Å². The summed E-state index contributed by atoms with van der Waals surface area (Å²) in [6.07, 6.45) is 0. The molecule has 5 heteroatoms. The van der Waals surface area contributed by atoms with E-state index in [0.717, 1.165) is 17.0 Å². The fraction of sp³-hybridized carbons (Fsp3) is 0.667. The Kier molecular flexibility index (Phi) is 4.28. The average Bonchev–Trinajstić information content (AvgIpc) is 2.50. The molecule has 1 aromatic heterocycles. The second-order valence-electron chi connectivity index (χ2n) is 4.17. The second kappa shape index (κ2) is 5.31. The Labute approximate surface area is 102 Å². The fourth-order valence-corrected chi connectivity index (χ4v) is 2.24. The van der Waals surface area contributed by atoms with E-state index >= 15 is 0 Å². The molecule has 0 fully saturated rings. The number of rotatable bonds is 5. The largest absolute Gasteiger partial charge is 0.480 e. The third kappa shape index (κ3) is 2.49. The van der Waals surface area contributed by atoms with Crippen molar-refractivity contribution in [2.45, 2.75) is 33.7 Å². The van der Waals surface area contributed by atoms with Gasteiger partial charge in [0.25, 0.3) is 0 Å². The number of likely N-dealkylation sites (N-methyl/N-ethyl adjacent to an activating group) is 1. The summed E-state index contributed by atoms with van der Waals surface area (Å²) in [6.45, 7) is 9.14. The van der Waals surface area contributed by atoms with Gasteiger partial charge in [0.1, 0.15) is 6.04 Å². The van der Waals surface area contributed by atoms with Crippen LogP contribution in [0.25, 0.3) is 0 Å². The standard InChI is InChI=1S/C12H21N3O2/c1-6-15(7-2)11(12(16)17)10-8(3)13-14(5)9(10)4/h11H,6-7H2,1-5H3,(H,16,17). The summed E-state index contributed by atoms with van der Waals surface area (Å²) in [6, 6.07) is -0.598. The van der Waals surface area contributed by atoms with Crippen LogP contribution >= 0.6 is 0 Å². The van der Waals surface area contributed by atoms with Gasteiger partial charge in [0, 0.05) is 18.3 Å². The number of aromatic nitrogens is 2. The summed E-state index contributed by atoms with van der Waals surface area (Å²) in [7, 11) is 1.84. The minimum Gasteiger partial charge on any atom is -0.480 e. The molecule has 0 spiro atoms. The Hall–Kier alpha value is -1.36. The van der Waals surface area contributed by atoms with Gasteiger partial charge in [-0.3, -0.25) is 14.4 Å². The maximum absolute atomic E-state index is 11.5. The molecule has 1 aromatic rings. The summed E-state index contributed by atoms with van der Waals surface area (Å²) < 4.78 is 1.74. The highest BCUT2D eigenvalue weighted by molar-refractivity contribution is 5.76. The number of hydrogen-bond donors (Lipinski definition) is 1. The van der Waals surface area contributed by atoms with Crippen LogP contribution in [0.15, 0.2) is 0 Å². The van der Waals surface area contributed by atoms with E-state index in [1.54, 1.807) is 4.68 Å². The molecule has 17 heavy (non-hydrogen) atoms. The summed E-state index contributed by atoms with van der Waals surface area (Å²) in [5.41, 5.74) is 2.54. The zero-order valence-corrected chi connectivity index (χ0v) is 11.2. The molecular weight excluding hydrogens is 218 g/mol. The van der Waals surface area contributed by atoms with Crippen LogP contribution in [-0.2, 0) is 11.8 Å². The topological polar surface area (TPSA) is 58.4 Å². The second-order valence-corrected chi connectivity index (χ2v) is 4.17. The van der Waals surface area contributed by atoms with Crippen molar-refractivity contribution >= 4 is 5.97 Å². The van der Waals surface area contributed by atoms with E-state index in [1.165, 1.54) is 0 Å². The molecule has 1 rings (SSSR count). The van der Waals surface area contributed by atoms with Crippen molar-refractivity contribution in [1.82, 2.24) is 14.7 Å². The van der Waals surface area contributed by atoms with E-state index in [1.807, 2.05) is 39.6 Å². The minimum absolute atomic E-state index is 0.598. The first-order valence-electron chi connectivity index (χ1n) is 5.90. The number of carbonyl (C=O) groups is 1. The molecule has 1 atom stereocenters. The number of aryl methyl sites for hydroxylation is 2. The zero-order chi connectivity index (χ0) is 13.2. The van der Waals surface area contributed by atoms with Crippen LogP contribution in [0.2, 0.25) is 0 Å². The van der Waals surface area contributed by atoms with Gasteiger partial charge >= 0.3 is 5.97 Å². The fourth-order valence-electron chi connectivity index (χ4n) is 2.24. The SMILES string of the molecule is CCN(CC)C(C(=O)O)c1c(C)nn(C)c1C. The smallest absolute Gasteiger partial charge is 0.325 e. The first-order chi connectivity index (χ1) is 7.93. The van der Waals surface area contributed by atoms with Crippen molar-refractivity contribution in [2.75, 3.05) is 13.1 Å². The van der Waals surface area contributed by atoms with E-state index in [9.17, 15) is 9.90 Å². The molecule has 0 aliphatic carbocycles. The van der Waals surface area contributed by atoms with Crippen molar-refractivity contribution < 1.29 is 9.90 Å². The molecule has 0 aliphatic rings. The van der Waals surface area contributed by atoms with Gasteiger partial charge in [0.05, 0.1) is 5.69 Å². The molecule has 0 saturated heterocycles. The highest BCUT2D eigenvalue weighted by Gasteiger charge is 2.30. The first kappa shape index (κ1) is 13.7. The Balaban J connectivity index is 3.27. The van der Waals surface area contributed by atoms with Gasteiger partial charge < -0.3 is 5.11 Å². The van der Waals surface area contributed by atoms with Crippen LogP contribution in [0.4, 0.5) is 0 Å². The summed E-state index contributed by atoms with van der Waals surface area (Å²) in [4.78, 5) is 13.4. The average molecular weight is 239 g/mol. The lowest BCUT2D eigenvalue weighted by Gasteiger charge is -2.26. The molecule has 0 aromatic carbocycles. The summed E-state index contributed by atoms with van der Waals surface area (Å²) in [5, 5.41) is 13.7. The van der Waals surface area contributed by atoms with Crippen LogP contribution in [0.3, 0.4) is 0 Å². The van der Waals surface area contributed by atoms with Crippen LogP contribution in [-0.4, -0.2) is 38.8 Å². The number of nitrogens with zero attached hydrogens (tertiary/aromatic N) is 3. The molecule has 0 bridgehead atoms. The number of hydrogen-bond acceptors (Lipinski definition) is 3. The van der Waals surface area contributed by atoms with E-state index < -0.39 is 12.0 Å². The van der Waals surface area contributed by atoms with Crippen LogP contribution in [0, 0.1) is 13.8 Å². The van der Waals surface area contributed by atoms with Gasteiger partial charge in [-0.2, -0.15) is 5.10 Å². The Morgan fingerprint density at radius 2 is 1.94 bits per heavy atom. The third-order valence-corrected chi connectivity index (χ3v) is 3.25. The zero-order valence-electron chi connectivity index (χ0n) is 11.2. The van der Waals surface area contributed by atoms with Crippen LogP contribution in [0.1, 0.15) is 36.8 Å². The molecule has 1 N–H and O–H groups in total. The summed E-state index contributed by atoms with van der Waals surface area (Å²) >= 11 is 0. The lowest BCUT2D eigenvalue weighted by molar-refractivity contribution is -0.143. The summed E-state index contributed by atoms with van der Waals surface area (Å²) in [5.74, 6) is -0.812. The lowest BCUT2D eigenvalue weighted by Crippen LogP contribution is -2.34. The van der Waals surface area contributed by atoms with Crippen molar-refractivity contribution in [3.8, 4) is 0 Å². The van der Waals surface area contributed by atoms with Crippen LogP contribution in [0.5, 0.6) is 0 Å². The normalized spacial score (nSPS) is 13.1. The third-order valence-electron chi connectivity index (χ3n) is 3.25. The van der Waals surface area contributed by atoms with Crippen LogP contribution < -0.4 is 0 Å². The molecular formula is C12H21N3O2. The van der Waals surface area contributed by atoms with Crippen molar-refractivity contribution in [3.63, 3.8) is 0 Å². The monoisotopic (exact) mass is 239 g/mol. The highest BCUT2D eigenvalue weighted by atomic mass is 16.4. The molecule has 1 unspecified atom stereocenters. The quantitative estimate of drug-likeness (QED) is 0.846. The molecule has 96 valence electrons. The van der Waals surface area contributed by atoms with E-state index in [-0.39, 0.29) is 0 Å². The van der Waals surface area contributed by atoms with E-state index in [2.05, 4.69) is 5.10 Å². The lowest BCUT2D eigenvalue weighted by atomic mass is 10.0. The molecule has 0 aliphatic heterocycles. The number of carboxylic acids is 1. The van der Waals surface area contributed by atoms with Gasteiger partial charge in [0.2, 0.25) is 0 Å².